The Morgan fingerprint density at radius 3 is 1.52 bits per heavy atom. The van der Waals surface area contributed by atoms with Gasteiger partial charge in [0.15, 0.2) is 17.5 Å². The SMILES string of the molecule is CC1(C)c2ccccc2-c2cccc(-c3nc(-c4cccc(-c5ccc(-c6ccccc6)cc5)c4)nc(-c4cccc(-c5ccc6c(c5)oc5cccc(-c7ccccc7)c56)c4)n3)c21. The highest BCUT2D eigenvalue weighted by Crippen LogP contribution is 2.52. The molecule has 2 aromatic heterocycles. The van der Waals surface area contributed by atoms with Gasteiger partial charge in [-0.2, -0.15) is 0 Å². The van der Waals surface area contributed by atoms with Gasteiger partial charge >= 0.3 is 0 Å². The maximum atomic E-state index is 6.53. The first kappa shape index (κ1) is 37.5. The number of rotatable bonds is 7. The van der Waals surface area contributed by atoms with Gasteiger partial charge < -0.3 is 4.42 Å². The maximum absolute atomic E-state index is 6.53. The summed E-state index contributed by atoms with van der Waals surface area (Å²) in [7, 11) is 0. The van der Waals surface area contributed by atoms with Crippen LogP contribution in [-0.2, 0) is 5.41 Å². The fourth-order valence-electron chi connectivity index (χ4n) is 9.81. The quantitative estimate of drug-likeness (QED) is 0.161. The summed E-state index contributed by atoms with van der Waals surface area (Å²) in [5.41, 5.74) is 18.4. The Morgan fingerprint density at radius 2 is 0.797 bits per heavy atom. The van der Waals surface area contributed by atoms with Crippen LogP contribution in [0.15, 0.2) is 217 Å². The van der Waals surface area contributed by atoms with Crippen molar-refractivity contribution in [3.05, 3.63) is 223 Å². The highest BCUT2D eigenvalue weighted by molar-refractivity contribution is 6.13. The molecule has 0 unspecified atom stereocenters. The lowest BCUT2D eigenvalue weighted by atomic mass is 9.80. The third-order valence-corrected chi connectivity index (χ3v) is 12.9. The van der Waals surface area contributed by atoms with Crippen molar-refractivity contribution in [3.8, 4) is 89.8 Å². The lowest BCUT2D eigenvalue weighted by Crippen LogP contribution is -2.17. The molecule has 1 aliphatic carbocycles. The van der Waals surface area contributed by atoms with Crippen LogP contribution in [0.5, 0.6) is 0 Å². The number of benzene rings is 9. The maximum Gasteiger partial charge on any atom is 0.164 e. The zero-order chi connectivity index (χ0) is 42.8. The average Bonchev–Trinajstić information content (AvgIpc) is 3.86. The van der Waals surface area contributed by atoms with Gasteiger partial charge in [0.25, 0.3) is 0 Å². The second kappa shape index (κ2) is 15.0. The van der Waals surface area contributed by atoms with E-state index in [9.17, 15) is 0 Å². The normalized spacial score (nSPS) is 12.7. The van der Waals surface area contributed by atoms with E-state index in [1.54, 1.807) is 0 Å². The molecule has 11 aromatic rings. The van der Waals surface area contributed by atoms with Crippen molar-refractivity contribution in [2.24, 2.45) is 0 Å². The van der Waals surface area contributed by atoms with Crippen LogP contribution >= 0.6 is 0 Å². The van der Waals surface area contributed by atoms with Crippen LogP contribution < -0.4 is 0 Å². The summed E-state index contributed by atoms with van der Waals surface area (Å²) < 4.78 is 6.53. The van der Waals surface area contributed by atoms with Crippen molar-refractivity contribution in [2.45, 2.75) is 19.3 Å². The van der Waals surface area contributed by atoms with E-state index in [0.717, 1.165) is 66.4 Å². The first-order valence-electron chi connectivity index (χ1n) is 21.8. The van der Waals surface area contributed by atoms with Crippen molar-refractivity contribution >= 4 is 21.9 Å². The Bertz CT molecular complexity index is 3570. The van der Waals surface area contributed by atoms with Gasteiger partial charge in [-0.05, 0) is 97.1 Å². The molecule has 0 saturated carbocycles. The van der Waals surface area contributed by atoms with Crippen molar-refractivity contribution in [2.75, 3.05) is 0 Å². The molecule has 1 aliphatic rings. The van der Waals surface area contributed by atoms with E-state index in [0.29, 0.717) is 17.5 Å². The molecule has 2 heterocycles. The van der Waals surface area contributed by atoms with Gasteiger partial charge in [0, 0.05) is 32.9 Å². The highest BCUT2D eigenvalue weighted by atomic mass is 16.3. The van der Waals surface area contributed by atoms with Crippen LogP contribution in [0.3, 0.4) is 0 Å². The van der Waals surface area contributed by atoms with Crippen LogP contribution in [0, 0.1) is 0 Å². The number of furan rings is 1. The molecule has 302 valence electrons. The smallest absolute Gasteiger partial charge is 0.164 e. The van der Waals surface area contributed by atoms with E-state index >= 15 is 0 Å². The minimum atomic E-state index is -0.252. The third-order valence-electron chi connectivity index (χ3n) is 12.9. The lowest BCUT2D eigenvalue weighted by molar-refractivity contribution is 0.661. The molecule has 64 heavy (non-hydrogen) atoms. The van der Waals surface area contributed by atoms with Crippen molar-refractivity contribution in [3.63, 3.8) is 0 Å². The van der Waals surface area contributed by atoms with E-state index in [4.69, 9.17) is 19.4 Å². The summed E-state index contributed by atoms with van der Waals surface area (Å²) >= 11 is 0. The predicted octanol–water partition coefficient (Wildman–Crippen LogP) is 15.7. The van der Waals surface area contributed by atoms with E-state index in [-0.39, 0.29) is 5.41 Å². The molecule has 12 rings (SSSR count). The molecule has 0 bridgehead atoms. The molecule has 0 aliphatic heterocycles. The molecule has 0 fully saturated rings. The van der Waals surface area contributed by atoms with Crippen LogP contribution in [0.2, 0.25) is 0 Å². The van der Waals surface area contributed by atoms with Crippen LogP contribution in [0.1, 0.15) is 25.0 Å². The predicted molar refractivity (Wildman–Crippen MR) is 263 cm³/mol. The van der Waals surface area contributed by atoms with Gasteiger partial charge in [-0.3, -0.25) is 0 Å². The molecule has 0 radical (unpaired) electrons. The fraction of sp³-hybridized carbons (Fsp3) is 0.0500. The molecule has 4 heteroatoms. The van der Waals surface area contributed by atoms with Crippen molar-refractivity contribution in [1.29, 1.82) is 0 Å². The number of nitrogens with zero attached hydrogens (tertiary/aromatic N) is 3. The number of aromatic nitrogens is 3. The summed E-state index contributed by atoms with van der Waals surface area (Å²) in [4.78, 5) is 15.9. The standard InChI is InChI=1S/C60H41N3O/c1-60(2)52-27-10-9-23-48(52)49-25-13-26-51(56(49)60)59-62-57(45-21-11-19-42(35-45)40-31-29-39(30-32-40)38-15-5-3-6-16-38)61-58(63-59)46-22-12-20-43(36-46)44-33-34-50-54(37-44)64-53-28-14-24-47(55(50)53)41-17-7-4-8-18-41/h3-37H,1-2H3. The van der Waals surface area contributed by atoms with E-state index in [1.165, 1.54) is 38.9 Å². The molecule has 0 spiro atoms. The minimum absolute atomic E-state index is 0.252. The summed E-state index contributed by atoms with van der Waals surface area (Å²) in [5, 5.41) is 2.22. The van der Waals surface area contributed by atoms with Crippen molar-refractivity contribution < 1.29 is 4.42 Å². The molecular formula is C60H41N3O. The number of fused-ring (bicyclic) bond motifs is 6. The first-order chi connectivity index (χ1) is 31.5. The highest BCUT2D eigenvalue weighted by Gasteiger charge is 2.38. The Morgan fingerprint density at radius 1 is 0.328 bits per heavy atom. The molecule has 9 aromatic carbocycles. The minimum Gasteiger partial charge on any atom is -0.456 e. The topological polar surface area (TPSA) is 51.8 Å². The first-order valence-corrected chi connectivity index (χ1v) is 21.8. The average molecular weight is 820 g/mol. The summed E-state index contributed by atoms with van der Waals surface area (Å²) in [6.07, 6.45) is 0. The Balaban J connectivity index is 0.981. The van der Waals surface area contributed by atoms with Crippen molar-refractivity contribution in [1.82, 2.24) is 15.0 Å². The number of hydrogen-bond acceptors (Lipinski definition) is 4. The van der Waals surface area contributed by atoms with Gasteiger partial charge in [0.05, 0.1) is 0 Å². The Kier molecular flexibility index (Phi) is 8.80. The van der Waals surface area contributed by atoms with Gasteiger partial charge in [-0.1, -0.05) is 196 Å². The second-order valence-corrected chi connectivity index (χ2v) is 17.2. The monoisotopic (exact) mass is 819 g/mol. The summed E-state index contributed by atoms with van der Waals surface area (Å²) in [6, 6.07) is 74.9. The Labute approximate surface area is 372 Å². The molecule has 0 amide bonds. The Hall–Kier alpha value is -8.21. The van der Waals surface area contributed by atoms with E-state index in [2.05, 4.69) is 214 Å². The van der Waals surface area contributed by atoms with Gasteiger partial charge in [0.2, 0.25) is 0 Å². The zero-order valence-corrected chi connectivity index (χ0v) is 35.5. The second-order valence-electron chi connectivity index (χ2n) is 17.2. The van der Waals surface area contributed by atoms with E-state index < -0.39 is 0 Å². The molecule has 0 atom stereocenters. The zero-order valence-electron chi connectivity index (χ0n) is 35.5. The summed E-state index contributed by atoms with van der Waals surface area (Å²) in [6.45, 7) is 4.61. The van der Waals surface area contributed by atoms with E-state index in [1.807, 2.05) is 12.1 Å². The van der Waals surface area contributed by atoms with Crippen LogP contribution in [0.4, 0.5) is 0 Å². The van der Waals surface area contributed by atoms with Crippen LogP contribution in [0.25, 0.3) is 112 Å². The molecule has 0 saturated heterocycles. The fourth-order valence-corrected chi connectivity index (χ4v) is 9.81. The van der Waals surface area contributed by atoms with Crippen LogP contribution in [-0.4, -0.2) is 15.0 Å². The van der Waals surface area contributed by atoms with Gasteiger partial charge in [0.1, 0.15) is 11.2 Å². The largest absolute Gasteiger partial charge is 0.456 e. The summed E-state index contributed by atoms with van der Waals surface area (Å²) in [5.74, 6) is 1.89. The lowest BCUT2D eigenvalue weighted by Gasteiger charge is -2.24. The van der Waals surface area contributed by atoms with Gasteiger partial charge in [-0.15, -0.1) is 0 Å². The third kappa shape index (κ3) is 6.34. The molecule has 0 N–H and O–H groups in total. The number of hydrogen-bond donors (Lipinski definition) is 0. The van der Waals surface area contributed by atoms with Gasteiger partial charge in [-0.25, -0.2) is 15.0 Å². The molecule has 4 nitrogen and oxygen atoms in total. The molecular weight excluding hydrogens is 779 g/mol.